The van der Waals surface area contributed by atoms with Crippen molar-refractivity contribution in [2.75, 3.05) is 13.2 Å². The molecule has 81 heavy (non-hydrogen) atoms. The van der Waals surface area contributed by atoms with E-state index in [1.54, 1.807) is 0 Å². The van der Waals surface area contributed by atoms with Crippen molar-refractivity contribution in [3.63, 3.8) is 0 Å². The van der Waals surface area contributed by atoms with E-state index in [9.17, 15) is 14.4 Å². The fourth-order valence-corrected chi connectivity index (χ4v) is 11.4. The summed E-state index contributed by atoms with van der Waals surface area (Å²) in [6.45, 7) is 6.71. The number of carbonyl (C=O) groups is 3. The van der Waals surface area contributed by atoms with Gasteiger partial charge in [0.05, 0.1) is 0 Å². The SMILES string of the molecule is CCCCCCCC/C=C\CCCCCCCC(=O)OCC(COC(=O)CCCCCCCCCCCCCCCCCCCCC/C=C\CCCCCCCCCC)OC(=O)CCCCCCCCCCCCCCCCCCC. The third-order valence-corrected chi connectivity index (χ3v) is 16.9. The summed E-state index contributed by atoms with van der Waals surface area (Å²) in [5, 5.41) is 0. The summed E-state index contributed by atoms with van der Waals surface area (Å²) < 4.78 is 17.0. The zero-order valence-corrected chi connectivity index (χ0v) is 55.1. The van der Waals surface area contributed by atoms with Gasteiger partial charge in [0.25, 0.3) is 0 Å². The Morgan fingerprint density at radius 3 is 0.617 bits per heavy atom. The van der Waals surface area contributed by atoms with Gasteiger partial charge in [-0.05, 0) is 70.6 Å². The van der Waals surface area contributed by atoms with E-state index in [0.717, 1.165) is 64.2 Å². The molecular formula is C75H142O6. The van der Waals surface area contributed by atoms with E-state index >= 15 is 0 Å². The molecule has 0 aromatic heterocycles. The molecule has 0 fully saturated rings. The Morgan fingerprint density at radius 2 is 0.407 bits per heavy atom. The molecular weight excluding hydrogens is 997 g/mol. The summed E-state index contributed by atoms with van der Waals surface area (Å²) in [4.78, 5) is 38.4. The van der Waals surface area contributed by atoms with Crippen LogP contribution in [0.25, 0.3) is 0 Å². The van der Waals surface area contributed by atoms with Gasteiger partial charge in [-0.25, -0.2) is 0 Å². The highest BCUT2D eigenvalue weighted by Gasteiger charge is 2.19. The molecule has 0 N–H and O–H groups in total. The highest BCUT2D eigenvalue weighted by Crippen LogP contribution is 2.19. The zero-order valence-electron chi connectivity index (χ0n) is 55.1. The monoisotopic (exact) mass is 1140 g/mol. The molecule has 0 aromatic rings. The lowest BCUT2D eigenvalue weighted by atomic mass is 10.0. The first kappa shape index (κ1) is 78.9. The summed E-state index contributed by atoms with van der Waals surface area (Å²) in [5.74, 6) is -0.842. The molecule has 0 heterocycles. The summed E-state index contributed by atoms with van der Waals surface area (Å²) in [7, 11) is 0. The summed E-state index contributed by atoms with van der Waals surface area (Å²) in [6, 6.07) is 0. The van der Waals surface area contributed by atoms with Crippen LogP contribution < -0.4 is 0 Å². The van der Waals surface area contributed by atoms with Gasteiger partial charge in [0.15, 0.2) is 6.10 Å². The van der Waals surface area contributed by atoms with Crippen LogP contribution in [0.2, 0.25) is 0 Å². The molecule has 0 aromatic carbocycles. The first-order chi connectivity index (χ1) is 40.0. The lowest BCUT2D eigenvalue weighted by Gasteiger charge is -2.18. The predicted molar refractivity (Wildman–Crippen MR) is 353 cm³/mol. The van der Waals surface area contributed by atoms with Crippen molar-refractivity contribution in [2.24, 2.45) is 0 Å². The quantitative estimate of drug-likeness (QED) is 0.0261. The van der Waals surface area contributed by atoms with Gasteiger partial charge in [-0.1, -0.05) is 353 Å². The van der Waals surface area contributed by atoms with Gasteiger partial charge >= 0.3 is 17.9 Å². The molecule has 0 radical (unpaired) electrons. The van der Waals surface area contributed by atoms with Crippen molar-refractivity contribution in [3.8, 4) is 0 Å². The molecule has 0 saturated heterocycles. The number of rotatable bonds is 69. The normalized spacial score (nSPS) is 12.1. The predicted octanol–water partition coefficient (Wildman–Crippen LogP) is 25.3. The number of hydrogen-bond acceptors (Lipinski definition) is 6. The second-order valence-corrected chi connectivity index (χ2v) is 25.2. The molecule has 0 rings (SSSR count). The smallest absolute Gasteiger partial charge is 0.306 e. The van der Waals surface area contributed by atoms with E-state index in [1.165, 1.54) is 315 Å². The van der Waals surface area contributed by atoms with Crippen LogP contribution in [0, 0.1) is 0 Å². The minimum Gasteiger partial charge on any atom is -0.462 e. The Hall–Kier alpha value is -2.11. The number of ether oxygens (including phenoxy) is 3. The van der Waals surface area contributed by atoms with E-state index < -0.39 is 6.10 Å². The van der Waals surface area contributed by atoms with Gasteiger partial charge < -0.3 is 14.2 Å². The van der Waals surface area contributed by atoms with Gasteiger partial charge in [0.2, 0.25) is 0 Å². The van der Waals surface area contributed by atoms with Crippen molar-refractivity contribution in [2.45, 2.75) is 425 Å². The molecule has 6 nitrogen and oxygen atoms in total. The van der Waals surface area contributed by atoms with Gasteiger partial charge in [-0.2, -0.15) is 0 Å². The van der Waals surface area contributed by atoms with Gasteiger partial charge in [0.1, 0.15) is 13.2 Å². The van der Waals surface area contributed by atoms with Crippen LogP contribution in [0.15, 0.2) is 24.3 Å². The first-order valence-corrected chi connectivity index (χ1v) is 36.8. The van der Waals surface area contributed by atoms with E-state index in [4.69, 9.17) is 14.2 Å². The molecule has 0 aliphatic heterocycles. The number of esters is 3. The Kier molecular flexibility index (Phi) is 68.5. The lowest BCUT2D eigenvalue weighted by molar-refractivity contribution is -0.167. The minimum atomic E-state index is -0.771. The lowest BCUT2D eigenvalue weighted by Crippen LogP contribution is -2.30. The molecule has 478 valence electrons. The maximum absolute atomic E-state index is 12.9. The third kappa shape index (κ3) is 68.6. The third-order valence-electron chi connectivity index (χ3n) is 16.9. The Morgan fingerprint density at radius 1 is 0.235 bits per heavy atom. The van der Waals surface area contributed by atoms with Crippen molar-refractivity contribution >= 4 is 17.9 Å². The number of unbranched alkanes of at least 4 members (excludes halogenated alkanes) is 54. The van der Waals surface area contributed by atoms with Crippen LogP contribution in [-0.4, -0.2) is 37.2 Å². The standard InChI is InChI=1S/C75H142O6/c1-4-7-10-13-16-19-22-25-28-30-31-32-33-34-35-36-37-38-39-40-41-42-43-45-47-50-53-56-59-62-65-68-74(77)80-71-72(70-79-73(76)67-64-61-58-55-52-49-46-27-24-21-18-15-12-9-6-3)81-75(78)69-66-63-60-57-54-51-48-44-29-26-23-20-17-14-11-8-5-2/h27,30-31,46,72H,4-26,28-29,32-45,47-71H2,1-3H3/b31-30-,46-27-. The average molecular weight is 1140 g/mol. The Balaban J connectivity index is 4.15. The van der Waals surface area contributed by atoms with Crippen molar-refractivity contribution < 1.29 is 28.6 Å². The zero-order chi connectivity index (χ0) is 58.5. The topological polar surface area (TPSA) is 78.9 Å². The molecule has 6 heteroatoms. The fraction of sp³-hybridized carbons (Fsp3) is 0.907. The van der Waals surface area contributed by atoms with Crippen LogP contribution in [-0.2, 0) is 28.6 Å². The van der Waals surface area contributed by atoms with Crippen molar-refractivity contribution in [1.29, 1.82) is 0 Å². The molecule has 0 aliphatic rings. The first-order valence-electron chi connectivity index (χ1n) is 36.8. The van der Waals surface area contributed by atoms with Crippen LogP contribution >= 0.6 is 0 Å². The maximum Gasteiger partial charge on any atom is 0.306 e. The molecule has 0 spiro atoms. The molecule has 0 saturated carbocycles. The van der Waals surface area contributed by atoms with Crippen LogP contribution in [0.5, 0.6) is 0 Å². The van der Waals surface area contributed by atoms with Gasteiger partial charge in [-0.15, -0.1) is 0 Å². The summed E-state index contributed by atoms with van der Waals surface area (Å²) in [6.07, 6.45) is 86.5. The molecule has 1 unspecified atom stereocenters. The van der Waals surface area contributed by atoms with Crippen LogP contribution in [0.3, 0.4) is 0 Å². The Bertz CT molecular complexity index is 1310. The van der Waals surface area contributed by atoms with Crippen molar-refractivity contribution in [1.82, 2.24) is 0 Å². The van der Waals surface area contributed by atoms with Gasteiger partial charge in [-0.3, -0.25) is 14.4 Å². The minimum absolute atomic E-state index is 0.0671. The van der Waals surface area contributed by atoms with E-state index in [2.05, 4.69) is 45.1 Å². The van der Waals surface area contributed by atoms with Crippen LogP contribution in [0.4, 0.5) is 0 Å². The molecule has 0 amide bonds. The average Bonchev–Trinajstić information content (AvgIpc) is 3.47. The molecule has 0 bridgehead atoms. The van der Waals surface area contributed by atoms with E-state index in [0.29, 0.717) is 19.3 Å². The summed E-state index contributed by atoms with van der Waals surface area (Å²) >= 11 is 0. The highest BCUT2D eigenvalue weighted by atomic mass is 16.6. The number of hydrogen-bond donors (Lipinski definition) is 0. The highest BCUT2D eigenvalue weighted by molar-refractivity contribution is 5.71. The van der Waals surface area contributed by atoms with Crippen molar-refractivity contribution in [3.05, 3.63) is 24.3 Å². The number of allylic oxidation sites excluding steroid dienone is 4. The fourth-order valence-electron chi connectivity index (χ4n) is 11.4. The number of carbonyl (C=O) groups excluding carboxylic acids is 3. The van der Waals surface area contributed by atoms with E-state index in [1.807, 2.05) is 0 Å². The van der Waals surface area contributed by atoms with E-state index in [-0.39, 0.29) is 31.1 Å². The molecule has 1 atom stereocenters. The van der Waals surface area contributed by atoms with Gasteiger partial charge in [0, 0.05) is 19.3 Å². The Labute approximate surface area is 506 Å². The maximum atomic E-state index is 12.9. The second kappa shape index (κ2) is 70.4. The summed E-state index contributed by atoms with van der Waals surface area (Å²) in [5.41, 5.74) is 0. The second-order valence-electron chi connectivity index (χ2n) is 25.2. The van der Waals surface area contributed by atoms with Crippen LogP contribution in [0.1, 0.15) is 419 Å². The largest absolute Gasteiger partial charge is 0.462 e. The molecule has 0 aliphatic carbocycles.